The van der Waals surface area contributed by atoms with E-state index in [1.165, 1.54) is 31.0 Å². The number of carbonyl (C=O) groups excluding carboxylic acids is 1. The van der Waals surface area contributed by atoms with Crippen LogP contribution in [-0.2, 0) is 17.8 Å². The van der Waals surface area contributed by atoms with Gasteiger partial charge < -0.3 is 24.3 Å². The van der Waals surface area contributed by atoms with Crippen molar-refractivity contribution in [2.75, 3.05) is 37.5 Å². The number of hydrogen-bond donors (Lipinski definition) is 1. The van der Waals surface area contributed by atoms with E-state index in [-0.39, 0.29) is 18.5 Å². The van der Waals surface area contributed by atoms with E-state index < -0.39 is 0 Å². The summed E-state index contributed by atoms with van der Waals surface area (Å²) in [7, 11) is 0. The molecule has 2 aliphatic heterocycles. The topological polar surface area (TPSA) is 81.5 Å². The summed E-state index contributed by atoms with van der Waals surface area (Å²) in [6.07, 6.45) is 6.57. The molecular formula is C21H27N5O3S. The van der Waals surface area contributed by atoms with Crippen LogP contribution in [0.15, 0.2) is 36.0 Å². The molecule has 1 N–H and O–H groups in total. The number of amides is 1. The first-order chi connectivity index (χ1) is 14.7. The Morgan fingerprint density at radius 2 is 2.03 bits per heavy atom. The molecule has 4 rings (SSSR count). The van der Waals surface area contributed by atoms with Crippen molar-refractivity contribution in [3.63, 3.8) is 0 Å². The summed E-state index contributed by atoms with van der Waals surface area (Å²) < 4.78 is 12.7. The molecule has 9 heteroatoms. The number of thioether (sulfide) groups is 1. The maximum atomic E-state index is 12.4. The lowest BCUT2D eigenvalue weighted by Crippen LogP contribution is -2.32. The van der Waals surface area contributed by atoms with Gasteiger partial charge in [0.15, 0.2) is 16.7 Å². The summed E-state index contributed by atoms with van der Waals surface area (Å²) in [5.41, 5.74) is 0.680. The molecule has 0 bridgehead atoms. The van der Waals surface area contributed by atoms with Gasteiger partial charge in [0.05, 0.1) is 5.75 Å². The van der Waals surface area contributed by atoms with Crippen LogP contribution < -0.4 is 14.8 Å². The van der Waals surface area contributed by atoms with Crippen LogP contribution in [0.3, 0.4) is 0 Å². The Morgan fingerprint density at radius 3 is 2.87 bits per heavy atom. The smallest absolute Gasteiger partial charge is 0.234 e. The molecule has 8 nitrogen and oxygen atoms in total. The molecule has 2 aliphatic rings. The number of piperidine rings is 1. The molecule has 1 saturated heterocycles. The van der Waals surface area contributed by atoms with Crippen molar-refractivity contribution >= 4 is 23.4 Å². The van der Waals surface area contributed by atoms with Gasteiger partial charge in [0.25, 0.3) is 0 Å². The van der Waals surface area contributed by atoms with Gasteiger partial charge in [-0.1, -0.05) is 24.3 Å². The summed E-state index contributed by atoms with van der Waals surface area (Å²) >= 11 is 1.38. The molecule has 0 unspecified atom stereocenters. The zero-order chi connectivity index (χ0) is 20.8. The van der Waals surface area contributed by atoms with Crippen molar-refractivity contribution < 1.29 is 14.3 Å². The van der Waals surface area contributed by atoms with Gasteiger partial charge in [0.1, 0.15) is 5.82 Å². The summed E-state index contributed by atoms with van der Waals surface area (Å²) in [5, 5.41) is 12.3. The Bertz CT molecular complexity index is 895. The molecule has 0 spiro atoms. The number of allylic oxidation sites excluding steroid dienone is 1. The van der Waals surface area contributed by atoms with E-state index in [2.05, 4.69) is 31.6 Å². The number of hydrogen-bond acceptors (Lipinski definition) is 7. The number of ether oxygens (including phenoxy) is 2. The van der Waals surface area contributed by atoms with Crippen LogP contribution in [0.2, 0.25) is 0 Å². The third-order valence-corrected chi connectivity index (χ3v) is 6.16. The van der Waals surface area contributed by atoms with Crippen molar-refractivity contribution in [2.24, 2.45) is 0 Å². The second kappa shape index (κ2) is 9.99. The lowest BCUT2D eigenvalue weighted by atomic mass is 10.1. The van der Waals surface area contributed by atoms with E-state index in [9.17, 15) is 4.79 Å². The van der Waals surface area contributed by atoms with Crippen LogP contribution >= 0.6 is 11.8 Å². The number of rotatable bonds is 9. The predicted molar refractivity (Wildman–Crippen MR) is 116 cm³/mol. The van der Waals surface area contributed by atoms with Gasteiger partial charge >= 0.3 is 0 Å². The van der Waals surface area contributed by atoms with Gasteiger partial charge in [-0.15, -0.1) is 16.8 Å². The van der Waals surface area contributed by atoms with Crippen LogP contribution in [0.25, 0.3) is 0 Å². The van der Waals surface area contributed by atoms with Gasteiger partial charge in [-0.25, -0.2) is 0 Å². The van der Waals surface area contributed by atoms with E-state index in [4.69, 9.17) is 9.47 Å². The van der Waals surface area contributed by atoms with Crippen LogP contribution in [0.5, 0.6) is 11.5 Å². The Morgan fingerprint density at radius 1 is 1.20 bits per heavy atom. The number of carbonyl (C=O) groups is 1. The lowest BCUT2D eigenvalue weighted by Gasteiger charge is -2.26. The van der Waals surface area contributed by atoms with E-state index >= 15 is 0 Å². The quantitative estimate of drug-likeness (QED) is 0.485. The Balaban J connectivity index is 1.32. The molecule has 0 radical (unpaired) electrons. The van der Waals surface area contributed by atoms with Crippen LogP contribution in [0, 0.1) is 0 Å². The van der Waals surface area contributed by atoms with E-state index in [0.29, 0.717) is 23.7 Å². The maximum Gasteiger partial charge on any atom is 0.234 e. The summed E-state index contributed by atoms with van der Waals surface area (Å²) in [5.74, 6) is 2.41. The number of fused-ring (bicyclic) bond motifs is 1. The number of aromatic nitrogens is 3. The highest BCUT2D eigenvalue weighted by Gasteiger charge is 2.17. The molecule has 160 valence electrons. The fourth-order valence-electron chi connectivity index (χ4n) is 3.67. The summed E-state index contributed by atoms with van der Waals surface area (Å²) in [6, 6.07) is 5.36. The van der Waals surface area contributed by atoms with Crippen molar-refractivity contribution in [1.82, 2.24) is 19.7 Å². The lowest BCUT2D eigenvalue weighted by molar-refractivity contribution is -0.113. The number of nitrogens with zero attached hydrogens (tertiary/aromatic N) is 4. The largest absolute Gasteiger partial charge is 0.454 e. The third kappa shape index (κ3) is 5.14. The fraction of sp³-hybridized carbons (Fsp3) is 0.476. The van der Waals surface area contributed by atoms with Crippen LogP contribution in [0.4, 0.5) is 5.69 Å². The average molecular weight is 430 g/mol. The first-order valence-corrected chi connectivity index (χ1v) is 11.3. The molecule has 0 saturated carbocycles. The second-order valence-corrected chi connectivity index (χ2v) is 8.30. The Labute approximate surface area is 180 Å². The van der Waals surface area contributed by atoms with Crippen molar-refractivity contribution in [2.45, 2.75) is 37.4 Å². The molecule has 1 fully saturated rings. The highest BCUT2D eigenvalue weighted by Crippen LogP contribution is 2.34. The monoisotopic (exact) mass is 429 g/mol. The fourth-order valence-corrected chi connectivity index (χ4v) is 4.43. The zero-order valence-corrected chi connectivity index (χ0v) is 17.8. The van der Waals surface area contributed by atoms with Gasteiger partial charge in [-0.2, -0.15) is 0 Å². The first-order valence-electron chi connectivity index (χ1n) is 10.3. The van der Waals surface area contributed by atoms with E-state index in [1.807, 2.05) is 6.08 Å². The number of likely N-dealkylation sites (tertiary alicyclic amines) is 1. The minimum Gasteiger partial charge on any atom is -0.454 e. The van der Waals surface area contributed by atoms with Gasteiger partial charge in [-0.3, -0.25) is 4.79 Å². The molecule has 30 heavy (non-hydrogen) atoms. The van der Waals surface area contributed by atoms with Crippen molar-refractivity contribution in [1.29, 1.82) is 0 Å². The SMILES string of the molecule is C=CCn1c(CCN2CCCCC2)nnc1SCC(=O)Nc1ccc2c(c1)OCO2. The minimum atomic E-state index is -0.109. The van der Waals surface area contributed by atoms with Crippen LogP contribution in [-0.4, -0.2) is 57.8 Å². The average Bonchev–Trinajstić information content (AvgIpc) is 3.38. The van der Waals surface area contributed by atoms with Gasteiger partial charge in [0, 0.05) is 31.3 Å². The van der Waals surface area contributed by atoms with Crippen molar-refractivity contribution in [3.8, 4) is 11.5 Å². The molecule has 1 amide bonds. The van der Waals surface area contributed by atoms with E-state index in [0.717, 1.165) is 37.0 Å². The molecular weight excluding hydrogens is 402 g/mol. The number of anilines is 1. The number of benzene rings is 1. The maximum absolute atomic E-state index is 12.4. The standard InChI is InChI=1S/C21H27N5O3S/c1-2-9-26-19(8-12-25-10-4-3-5-11-25)23-24-21(26)30-14-20(27)22-16-6-7-17-18(13-16)29-15-28-17/h2,6-7,13H,1,3-5,8-12,14-15H2,(H,22,27). The molecule has 1 aromatic heterocycles. The zero-order valence-electron chi connectivity index (χ0n) is 17.0. The molecule has 2 aromatic rings. The predicted octanol–water partition coefficient (Wildman–Crippen LogP) is 2.95. The van der Waals surface area contributed by atoms with Gasteiger partial charge in [0.2, 0.25) is 12.7 Å². The minimum absolute atomic E-state index is 0.109. The van der Waals surface area contributed by atoms with E-state index in [1.54, 1.807) is 18.2 Å². The summed E-state index contributed by atoms with van der Waals surface area (Å²) in [4.78, 5) is 14.9. The Kier molecular flexibility index (Phi) is 6.91. The summed E-state index contributed by atoms with van der Waals surface area (Å²) in [6.45, 7) is 8.01. The molecule has 3 heterocycles. The Hall–Kier alpha value is -2.52. The third-order valence-electron chi connectivity index (χ3n) is 5.19. The van der Waals surface area contributed by atoms with Gasteiger partial charge in [-0.05, 0) is 38.1 Å². The molecule has 0 aliphatic carbocycles. The second-order valence-electron chi connectivity index (χ2n) is 7.36. The highest BCUT2D eigenvalue weighted by molar-refractivity contribution is 7.99. The highest BCUT2D eigenvalue weighted by atomic mass is 32.2. The number of nitrogens with one attached hydrogen (secondary N) is 1. The molecule has 0 atom stereocenters. The molecule has 1 aromatic carbocycles. The van der Waals surface area contributed by atoms with Crippen LogP contribution in [0.1, 0.15) is 25.1 Å². The first kappa shape index (κ1) is 20.7. The van der Waals surface area contributed by atoms with Crippen molar-refractivity contribution in [3.05, 3.63) is 36.7 Å². The normalized spacial score (nSPS) is 15.9.